The fourth-order valence-electron chi connectivity index (χ4n) is 3.05. The SMILES string of the molecule is CN=C(NCc1ccc(COC2CCOCC2)cc1)NCc1nc(C(C)C)cs1. The lowest BCUT2D eigenvalue weighted by atomic mass is 10.1. The van der Waals surface area contributed by atoms with Gasteiger partial charge in [0.25, 0.3) is 0 Å². The largest absolute Gasteiger partial charge is 0.381 e. The highest BCUT2D eigenvalue weighted by molar-refractivity contribution is 7.09. The van der Waals surface area contributed by atoms with Gasteiger partial charge in [0.1, 0.15) is 5.01 Å². The van der Waals surface area contributed by atoms with Crippen molar-refractivity contribution in [2.24, 2.45) is 4.99 Å². The second-order valence-electron chi connectivity index (χ2n) is 7.54. The van der Waals surface area contributed by atoms with Crippen molar-refractivity contribution in [2.45, 2.75) is 58.4 Å². The van der Waals surface area contributed by atoms with Gasteiger partial charge in [-0.25, -0.2) is 4.98 Å². The lowest BCUT2D eigenvalue weighted by Gasteiger charge is -2.22. The Balaban J connectivity index is 1.40. The Hall–Kier alpha value is -1.96. The number of hydrogen-bond acceptors (Lipinski definition) is 5. The van der Waals surface area contributed by atoms with Gasteiger partial charge in [-0.05, 0) is 29.9 Å². The Morgan fingerprint density at radius 2 is 1.86 bits per heavy atom. The number of nitrogens with zero attached hydrogens (tertiary/aromatic N) is 2. The maximum absolute atomic E-state index is 5.99. The molecule has 1 fully saturated rings. The van der Waals surface area contributed by atoms with Crippen molar-refractivity contribution < 1.29 is 9.47 Å². The summed E-state index contributed by atoms with van der Waals surface area (Å²) in [6.07, 6.45) is 2.32. The van der Waals surface area contributed by atoms with Gasteiger partial charge in [0.05, 0.1) is 24.9 Å². The van der Waals surface area contributed by atoms with E-state index in [0.29, 0.717) is 25.2 Å². The summed E-state index contributed by atoms with van der Waals surface area (Å²) >= 11 is 1.69. The van der Waals surface area contributed by atoms with Crippen molar-refractivity contribution in [3.63, 3.8) is 0 Å². The van der Waals surface area contributed by atoms with Gasteiger partial charge in [0.2, 0.25) is 0 Å². The first kappa shape index (κ1) is 21.7. The van der Waals surface area contributed by atoms with Crippen LogP contribution in [0.15, 0.2) is 34.6 Å². The first-order valence-electron chi connectivity index (χ1n) is 10.3. The van der Waals surface area contributed by atoms with E-state index in [1.54, 1.807) is 18.4 Å². The molecule has 0 atom stereocenters. The van der Waals surface area contributed by atoms with E-state index >= 15 is 0 Å². The highest BCUT2D eigenvalue weighted by Crippen LogP contribution is 2.17. The molecule has 1 aromatic carbocycles. The van der Waals surface area contributed by atoms with Crippen molar-refractivity contribution in [3.8, 4) is 0 Å². The number of benzene rings is 1. The molecule has 0 radical (unpaired) electrons. The van der Waals surface area contributed by atoms with E-state index in [1.165, 1.54) is 11.1 Å². The van der Waals surface area contributed by atoms with Crippen LogP contribution in [0.1, 0.15) is 54.4 Å². The Labute approximate surface area is 177 Å². The maximum atomic E-state index is 5.99. The van der Waals surface area contributed by atoms with Crippen molar-refractivity contribution in [1.29, 1.82) is 0 Å². The molecule has 0 amide bonds. The van der Waals surface area contributed by atoms with Crippen LogP contribution in [0.5, 0.6) is 0 Å². The quantitative estimate of drug-likeness (QED) is 0.506. The molecular formula is C22H32N4O2S. The molecule has 2 heterocycles. The molecule has 6 nitrogen and oxygen atoms in total. The van der Waals surface area contributed by atoms with Gasteiger partial charge in [-0.15, -0.1) is 11.3 Å². The summed E-state index contributed by atoms with van der Waals surface area (Å²) in [7, 11) is 1.79. The number of hydrogen-bond donors (Lipinski definition) is 2. The average molecular weight is 417 g/mol. The third-order valence-electron chi connectivity index (χ3n) is 4.93. The number of rotatable bonds is 8. The van der Waals surface area contributed by atoms with Crippen molar-refractivity contribution >= 4 is 17.3 Å². The zero-order valence-electron chi connectivity index (χ0n) is 17.6. The van der Waals surface area contributed by atoms with Crippen molar-refractivity contribution in [2.75, 3.05) is 20.3 Å². The number of aliphatic imine (C=N–C) groups is 1. The molecule has 158 valence electrons. The van der Waals surface area contributed by atoms with Gasteiger partial charge >= 0.3 is 0 Å². The molecule has 0 saturated carbocycles. The van der Waals surface area contributed by atoms with Gasteiger partial charge < -0.3 is 20.1 Å². The number of guanidine groups is 1. The topological polar surface area (TPSA) is 67.8 Å². The highest BCUT2D eigenvalue weighted by Gasteiger charge is 2.14. The molecule has 2 N–H and O–H groups in total. The molecule has 0 bridgehead atoms. The molecular weight excluding hydrogens is 384 g/mol. The molecule has 29 heavy (non-hydrogen) atoms. The van der Waals surface area contributed by atoms with E-state index in [-0.39, 0.29) is 0 Å². The van der Waals surface area contributed by atoms with E-state index < -0.39 is 0 Å². The Kier molecular flexibility index (Phi) is 8.46. The monoisotopic (exact) mass is 416 g/mol. The smallest absolute Gasteiger partial charge is 0.191 e. The predicted molar refractivity (Wildman–Crippen MR) is 118 cm³/mol. The summed E-state index contributed by atoms with van der Waals surface area (Å²) in [5.41, 5.74) is 3.56. The van der Waals surface area contributed by atoms with Crippen molar-refractivity contribution in [1.82, 2.24) is 15.6 Å². The molecule has 0 aliphatic carbocycles. The van der Waals surface area contributed by atoms with Crippen LogP contribution in [-0.4, -0.2) is 37.3 Å². The summed E-state index contributed by atoms with van der Waals surface area (Å²) in [5.74, 6) is 1.24. The van der Waals surface area contributed by atoms with Gasteiger partial charge in [-0.1, -0.05) is 38.1 Å². The number of aromatic nitrogens is 1. The van der Waals surface area contributed by atoms with Crippen LogP contribution in [0.25, 0.3) is 0 Å². The first-order chi connectivity index (χ1) is 14.1. The number of nitrogens with one attached hydrogen (secondary N) is 2. The maximum Gasteiger partial charge on any atom is 0.191 e. The predicted octanol–water partition coefficient (Wildman–Crippen LogP) is 3.83. The van der Waals surface area contributed by atoms with Crippen LogP contribution in [0, 0.1) is 0 Å². The summed E-state index contributed by atoms with van der Waals surface area (Å²) in [6.45, 7) is 8.01. The standard InChI is InChI=1S/C22H32N4O2S/c1-16(2)20-15-29-21(26-20)13-25-22(23-3)24-12-17-4-6-18(7-5-17)14-28-19-8-10-27-11-9-19/h4-7,15-16,19H,8-14H2,1-3H3,(H2,23,24,25). The molecule has 1 aliphatic heterocycles. The normalized spacial score (nSPS) is 15.7. The van der Waals surface area contributed by atoms with Gasteiger partial charge in [0, 0.05) is 32.2 Å². The number of ether oxygens (including phenoxy) is 2. The minimum Gasteiger partial charge on any atom is -0.381 e. The van der Waals surface area contributed by atoms with Gasteiger partial charge in [-0.3, -0.25) is 4.99 Å². The van der Waals surface area contributed by atoms with Gasteiger partial charge in [-0.2, -0.15) is 0 Å². The average Bonchev–Trinajstić information content (AvgIpc) is 3.23. The third kappa shape index (κ3) is 7.10. The number of thiazole rings is 1. The molecule has 7 heteroatoms. The van der Waals surface area contributed by atoms with E-state index in [4.69, 9.17) is 9.47 Å². The molecule has 0 unspecified atom stereocenters. The zero-order valence-corrected chi connectivity index (χ0v) is 18.4. The zero-order chi connectivity index (χ0) is 20.5. The van der Waals surface area contributed by atoms with Crippen LogP contribution in [0.4, 0.5) is 0 Å². The van der Waals surface area contributed by atoms with Crippen LogP contribution in [-0.2, 0) is 29.2 Å². The molecule has 1 aromatic heterocycles. The molecule has 2 aromatic rings. The molecule has 1 saturated heterocycles. The fraction of sp³-hybridized carbons (Fsp3) is 0.545. The Morgan fingerprint density at radius 1 is 1.17 bits per heavy atom. The van der Waals surface area contributed by atoms with Crippen LogP contribution in [0.3, 0.4) is 0 Å². The van der Waals surface area contributed by atoms with E-state index in [0.717, 1.165) is 49.3 Å². The minimum absolute atomic E-state index is 0.328. The van der Waals surface area contributed by atoms with E-state index in [9.17, 15) is 0 Å². The van der Waals surface area contributed by atoms with E-state index in [2.05, 4.69) is 64.1 Å². The van der Waals surface area contributed by atoms with Gasteiger partial charge in [0.15, 0.2) is 5.96 Å². The molecule has 0 spiro atoms. The Morgan fingerprint density at radius 3 is 2.52 bits per heavy atom. The van der Waals surface area contributed by atoms with Crippen molar-refractivity contribution in [3.05, 3.63) is 51.5 Å². The molecule has 1 aliphatic rings. The van der Waals surface area contributed by atoms with Crippen LogP contribution in [0.2, 0.25) is 0 Å². The Bertz CT molecular complexity index is 767. The summed E-state index contributed by atoms with van der Waals surface area (Å²) in [6, 6.07) is 8.54. The highest BCUT2D eigenvalue weighted by atomic mass is 32.1. The van der Waals surface area contributed by atoms with Crippen LogP contribution < -0.4 is 10.6 Å². The van der Waals surface area contributed by atoms with Crippen LogP contribution >= 0.6 is 11.3 Å². The first-order valence-corrected chi connectivity index (χ1v) is 11.2. The summed E-state index contributed by atoms with van der Waals surface area (Å²) < 4.78 is 11.4. The second kappa shape index (κ2) is 11.3. The lowest BCUT2D eigenvalue weighted by Crippen LogP contribution is -2.36. The lowest BCUT2D eigenvalue weighted by molar-refractivity contribution is -0.0390. The fourth-order valence-corrected chi connectivity index (χ4v) is 3.94. The minimum atomic E-state index is 0.328. The van der Waals surface area contributed by atoms with E-state index in [1.807, 2.05) is 0 Å². The second-order valence-corrected chi connectivity index (χ2v) is 8.48. The third-order valence-corrected chi connectivity index (χ3v) is 5.80. The summed E-state index contributed by atoms with van der Waals surface area (Å²) in [5, 5.41) is 9.90. The molecule has 3 rings (SSSR count). The summed E-state index contributed by atoms with van der Waals surface area (Å²) in [4.78, 5) is 8.95.